The first-order valence-corrected chi connectivity index (χ1v) is 5.03. The molecule has 1 heteroatoms. The van der Waals surface area contributed by atoms with Crippen molar-refractivity contribution in [3.63, 3.8) is 0 Å². The molecule has 0 radical (unpaired) electrons. The van der Waals surface area contributed by atoms with Gasteiger partial charge in [-0.3, -0.25) is 0 Å². The minimum atomic E-state index is -0.299. The van der Waals surface area contributed by atoms with Crippen LogP contribution in [0.1, 0.15) is 53.4 Å². The fourth-order valence-corrected chi connectivity index (χ4v) is 2.05. The van der Waals surface area contributed by atoms with Gasteiger partial charge in [0, 0.05) is 0 Å². The van der Waals surface area contributed by atoms with Crippen molar-refractivity contribution < 1.29 is 5.11 Å². The van der Waals surface area contributed by atoms with E-state index < -0.39 is 0 Å². The third kappa shape index (κ3) is 2.78. The van der Waals surface area contributed by atoms with Crippen LogP contribution in [-0.4, -0.2) is 10.7 Å². The van der Waals surface area contributed by atoms with Crippen molar-refractivity contribution in [2.24, 2.45) is 11.3 Å². The molecule has 0 aromatic carbocycles. The summed E-state index contributed by atoms with van der Waals surface area (Å²) in [6, 6.07) is 0. The molecule has 1 N–H and O–H groups in total. The molecule has 0 saturated heterocycles. The smallest absolute Gasteiger partial charge is 0.0653 e. The minimum Gasteiger partial charge on any atom is -0.390 e. The number of aliphatic hydroxyl groups is 1. The van der Waals surface area contributed by atoms with Crippen molar-refractivity contribution in [3.05, 3.63) is 0 Å². The van der Waals surface area contributed by atoms with Crippen molar-refractivity contribution in [1.29, 1.82) is 0 Å². The van der Waals surface area contributed by atoms with Crippen LogP contribution in [0.5, 0.6) is 0 Å². The van der Waals surface area contributed by atoms with E-state index >= 15 is 0 Å². The van der Waals surface area contributed by atoms with E-state index in [0.717, 1.165) is 31.6 Å². The summed E-state index contributed by atoms with van der Waals surface area (Å²) < 4.78 is 0. The summed E-state index contributed by atoms with van der Waals surface area (Å²) in [7, 11) is 0. The van der Waals surface area contributed by atoms with E-state index in [4.69, 9.17) is 0 Å². The van der Waals surface area contributed by atoms with E-state index in [1.54, 1.807) is 0 Å². The van der Waals surface area contributed by atoms with Crippen LogP contribution in [0.2, 0.25) is 0 Å². The average molecular weight is 170 g/mol. The topological polar surface area (TPSA) is 20.2 Å². The van der Waals surface area contributed by atoms with Crippen LogP contribution in [0.4, 0.5) is 0 Å². The molecule has 1 saturated carbocycles. The van der Waals surface area contributed by atoms with Crippen molar-refractivity contribution >= 4 is 0 Å². The SMILES string of the molecule is CC1CC(O)(CCC(C)(C)C)C1. The van der Waals surface area contributed by atoms with Crippen molar-refractivity contribution in [2.75, 3.05) is 0 Å². The van der Waals surface area contributed by atoms with Gasteiger partial charge in [-0.1, -0.05) is 27.7 Å². The lowest BCUT2D eigenvalue weighted by atomic mass is 9.68. The molecule has 0 aromatic heterocycles. The van der Waals surface area contributed by atoms with Crippen LogP contribution in [-0.2, 0) is 0 Å². The maximum absolute atomic E-state index is 9.94. The summed E-state index contributed by atoms with van der Waals surface area (Å²) in [6.07, 6.45) is 4.16. The second-order valence-corrected chi connectivity index (χ2v) is 5.80. The standard InChI is InChI=1S/C11H22O/c1-9-7-11(12,8-9)6-5-10(2,3)4/h9,12H,5-8H2,1-4H3. The molecule has 0 heterocycles. The molecular weight excluding hydrogens is 148 g/mol. The van der Waals surface area contributed by atoms with Crippen molar-refractivity contribution in [1.82, 2.24) is 0 Å². The Morgan fingerprint density at radius 2 is 1.83 bits per heavy atom. The molecule has 1 aliphatic carbocycles. The maximum atomic E-state index is 9.94. The summed E-state index contributed by atoms with van der Waals surface area (Å²) >= 11 is 0. The van der Waals surface area contributed by atoms with Gasteiger partial charge < -0.3 is 5.11 Å². The van der Waals surface area contributed by atoms with Crippen molar-refractivity contribution in [2.45, 2.75) is 59.0 Å². The van der Waals surface area contributed by atoms with Gasteiger partial charge in [-0.15, -0.1) is 0 Å². The lowest BCUT2D eigenvalue weighted by Crippen LogP contribution is -2.43. The molecule has 0 spiro atoms. The molecule has 1 fully saturated rings. The zero-order valence-electron chi connectivity index (χ0n) is 8.85. The van der Waals surface area contributed by atoms with Gasteiger partial charge in [-0.25, -0.2) is 0 Å². The number of rotatable bonds is 2. The Bertz CT molecular complexity index is 149. The summed E-state index contributed by atoms with van der Waals surface area (Å²) in [5.41, 5.74) is 0.0707. The van der Waals surface area contributed by atoms with E-state index in [0.29, 0.717) is 5.41 Å². The third-order valence-corrected chi connectivity index (χ3v) is 2.80. The van der Waals surface area contributed by atoms with Crippen LogP contribution >= 0.6 is 0 Å². The Morgan fingerprint density at radius 1 is 1.33 bits per heavy atom. The lowest BCUT2D eigenvalue weighted by molar-refractivity contribution is -0.0795. The van der Waals surface area contributed by atoms with Gasteiger partial charge in [0.2, 0.25) is 0 Å². The predicted molar refractivity (Wildman–Crippen MR) is 52.0 cm³/mol. The van der Waals surface area contributed by atoms with Gasteiger partial charge in [0.15, 0.2) is 0 Å². The van der Waals surface area contributed by atoms with E-state index in [1.807, 2.05) is 0 Å². The highest BCUT2D eigenvalue weighted by molar-refractivity contribution is 4.92. The molecule has 0 amide bonds. The number of hydrogen-bond acceptors (Lipinski definition) is 1. The quantitative estimate of drug-likeness (QED) is 0.675. The van der Waals surface area contributed by atoms with E-state index in [1.165, 1.54) is 0 Å². The highest BCUT2D eigenvalue weighted by Crippen LogP contribution is 2.42. The third-order valence-electron chi connectivity index (χ3n) is 2.80. The first-order valence-electron chi connectivity index (χ1n) is 5.03. The van der Waals surface area contributed by atoms with Crippen LogP contribution < -0.4 is 0 Å². The lowest BCUT2D eigenvalue weighted by Gasteiger charge is -2.43. The maximum Gasteiger partial charge on any atom is 0.0653 e. The fraction of sp³-hybridized carbons (Fsp3) is 1.00. The summed E-state index contributed by atoms with van der Waals surface area (Å²) in [5.74, 6) is 0.745. The molecule has 0 aliphatic heterocycles. The Morgan fingerprint density at radius 3 is 2.17 bits per heavy atom. The highest BCUT2D eigenvalue weighted by atomic mass is 16.3. The monoisotopic (exact) mass is 170 g/mol. The second kappa shape index (κ2) is 3.02. The zero-order chi connectivity index (χ0) is 9.41. The van der Waals surface area contributed by atoms with Gasteiger partial charge in [0.25, 0.3) is 0 Å². The van der Waals surface area contributed by atoms with Crippen LogP contribution in [0, 0.1) is 11.3 Å². The first-order chi connectivity index (χ1) is 5.31. The Kier molecular flexibility index (Phi) is 2.53. The van der Waals surface area contributed by atoms with Crippen LogP contribution in [0.3, 0.4) is 0 Å². The van der Waals surface area contributed by atoms with Gasteiger partial charge >= 0.3 is 0 Å². The van der Waals surface area contributed by atoms with E-state index in [-0.39, 0.29) is 5.60 Å². The van der Waals surface area contributed by atoms with Gasteiger partial charge in [0.1, 0.15) is 0 Å². The molecule has 0 bridgehead atoms. The van der Waals surface area contributed by atoms with Crippen LogP contribution in [0.25, 0.3) is 0 Å². The van der Waals surface area contributed by atoms with Crippen molar-refractivity contribution in [3.8, 4) is 0 Å². The van der Waals surface area contributed by atoms with Gasteiger partial charge in [-0.2, -0.15) is 0 Å². The Labute approximate surface area is 76.2 Å². The fourth-order valence-electron chi connectivity index (χ4n) is 2.05. The minimum absolute atomic E-state index is 0.299. The Balaban J connectivity index is 2.24. The van der Waals surface area contributed by atoms with Gasteiger partial charge in [0.05, 0.1) is 5.60 Å². The summed E-state index contributed by atoms with van der Waals surface area (Å²) in [6.45, 7) is 8.92. The second-order valence-electron chi connectivity index (χ2n) is 5.80. The molecule has 0 unspecified atom stereocenters. The largest absolute Gasteiger partial charge is 0.390 e. The summed E-state index contributed by atoms with van der Waals surface area (Å²) in [4.78, 5) is 0. The molecule has 12 heavy (non-hydrogen) atoms. The molecule has 1 aliphatic rings. The zero-order valence-corrected chi connectivity index (χ0v) is 8.85. The highest BCUT2D eigenvalue weighted by Gasteiger charge is 2.40. The summed E-state index contributed by atoms with van der Waals surface area (Å²) in [5, 5.41) is 9.94. The molecule has 1 rings (SSSR count). The normalized spacial score (nSPS) is 36.2. The number of hydrogen-bond donors (Lipinski definition) is 1. The Hall–Kier alpha value is -0.0400. The molecule has 72 valence electrons. The van der Waals surface area contributed by atoms with Gasteiger partial charge in [-0.05, 0) is 37.0 Å². The predicted octanol–water partition coefficient (Wildman–Crippen LogP) is 2.97. The van der Waals surface area contributed by atoms with E-state index in [9.17, 15) is 5.11 Å². The van der Waals surface area contributed by atoms with E-state index in [2.05, 4.69) is 27.7 Å². The molecule has 0 atom stereocenters. The molecule has 0 aromatic rings. The average Bonchev–Trinajstić information content (AvgIpc) is 1.79. The first kappa shape index (κ1) is 10.0. The van der Waals surface area contributed by atoms with Crippen LogP contribution in [0.15, 0.2) is 0 Å². The molecular formula is C11H22O. The molecule has 1 nitrogen and oxygen atoms in total.